The molecule has 0 fully saturated rings. The number of aryl methyl sites for hydroxylation is 3. The lowest BCUT2D eigenvalue weighted by Gasteiger charge is -2.14. The molecule has 0 saturated heterocycles. The van der Waals surface area contributed by atoms with Gasteiger partial charge in [0.25, 0.3) is 0 Å². The maximum absolute atomic E-state index is 12.2. The van der Waals surface area contributed by atoms with Crippen LogP contribution in [0.1, 0.15) is 35.0 Å². The quantitative estimate of drug-likeness (QED) is 0.929. The predicted octanol–water partition coefficient (Wildman–Crippen LogP) is 2.30. The average molecular weight is 269 g/mol. The molecule has 3 rings (SSSR count). The minimum atomic E-state index is 0.0258. The van der Waals surface area contributed by atoms with E-state index in [0.717, 1.165) is 24.2 Å². The van der Waals surface area contributed by atoms with Crippen LogP contribution in [0, 0.1) is 13.8 Å². The molecule has 1 N–H and O–H groups in total. The molecule has 0 radical (unpaired) electrons. The van der Waals surface area contributed by atoms with Crippen molar-refractivity contribution < 1.29 is 4.79 Å². The molecule has 0 bridgehead atoms. The number of hydrogen-bond acceptors (Lipinski definition) is 2. The lowest BCUT2D eigenvalue weighted by atomic mass is 10.1. The van der Waals surface area contributed by atoms with Gasteiger partial charge in [0, 0.05) is 5.69 Å². The Labute approximate surface area is 118 Å². The summed E-state index contributed by atoms with van der Waals surface area (Å²) in [6.07, 6.45) is 2.03. The van der Waals surface area contributed by atoms with Gasteiger partial charge < -0.3 is 5.32 Å². The zero-order valence-electron chi connectivity index (χ0n) is 11.9. The van der Waals surface area contributed by atoms with Crippen LogP contribution in [0.2, 0.25) is 0 Å². The third kappa shape index (κ3) is 2.46. The molecule has 1 aliphatic carbocycles. The predicted molar refractivity (Wildman–Crippen MR) is 77.3 cm³/mol. The largest absolute Gasteiger partial charge is 0.348 e. The summed E-state index contributed by atoms with van der Waals surface area (Å²) < 4.78 is 1.76. The lowest BCUT2D eigenvalue weighted by molar-refractivity contribution is -0.122. The van der Waals surface area contributed by atoms with E-state index in [0.29, 0.717) is 6.54 Å². The molecule has 0 saturated carbocycles. The van der Waals surface area contributed by atoms with Crippen LogP contribution >= 0.6 is 0 Å². The number of amides is 1. The highest BCUT2D eigenvalue weighted by molar-refractivity contribution is 5.76. The van der Waals surface area contributed by atoms with Gasteiger partial charge in [-0.3, -0.25) is 9.48 Å². The molecular weight excluding hydrogens is 250 g/mol. The number of hydrogen-bond donors (Lipinski definition) is 1. The van der Waals surface area contributed by atoms with Gasteiger partial charge in [-0.1, -0.05) is 24.3 Å². The van der Waals surface area contributed by atoms with E-state index in [4.69, 9.17) is 0 Å². The third-order valence-electron chi connectivity index (χ3n) is 3.86. The van der Waals surface area contributed by atoms with Crippen LogP contribution in [0.3, 0.4) is 0 Å². The highest BCUT2D eigenvalue weighted by Crippen LogP contribution is 2.30. The fourth-order valence-electron chi connectivity index (χ4n) is 2.92. The maximum Gasteiger partial charge on any atom is 0.242 e. The van der Waals surface area contributed by atoms with Crippen LogP contribution in [0.25, 0.3) is 0 Å². The van der Waals surface area contributed by atoms with Crippen molar-refractivity contribution in [3.8, 4) is 0 Å². The summed E-state index contributed by atoms with van der Waals surface area (Å²) in [4.78, 5) is 12.2. The zero-order valence-corrected chi connectivity index (χ0v) is 11.9. The number of benzene rings is 1. The van der Waals surface area contributed by atoms with E-state index in [-0.39, 0.29) is 11.9 Å². The molecular formula is C16H19N3O. The first-order valence-electron chi connectivity index (χ1n) is 7.01. The second-order valence-corrected chi connectivity index (χ2v) is 5.44. The number of rotatable bonds is 3. The normalized spacial score (nSPS) is 17.0. The van der Waals surface area contributed by atoms with Crippen molar-refractivity contribution >= 4 is 5.91 Å². The van der Waals surface area contributed by atoms with Crippen LogP contribution < -0.4 is 5.32 Å². The zero-order chi connectivity index (χ0) is 14.1. The summed E-state index contributed by atoms with van der Waals surface area (Å²) in [5.41, 5.74) is 4.57. The Balaban J connectivity index is 1.67. The minimum absolute atomic E-state index is 0.0258. The van der Waals surface area contributed by atoms with Crippen molar-refractivity contribution in [3.63, 3.8) is 0 Å². The molecule has 4 nitrogen and oxygen atoms in total. The fourth-order valence-corrected chi connectivity index (χ4v) is 2.92. The van der Waals surface area contributed by atoms with E-state index in [1.54, 1.807) is 4.68 Å². The number of fused-ring (bicyclic) bond motifs is 1. The Kier molecular flexibility index (Phi) is 3.30. The smallest absolute Gasteiger partial charge is 0.242 e. The van der Waals surface area contributed by atoms with Crippen molar-refractivity contribution in [3.05, 3.63) is 52.8 Å². The van der Waals surface area contributed by atoms with Gasteiger partial charge in [-0.15, -0.1) is 0 Å². The van der Waals surface area contributed by atoms with Crippen molar-refractivity contribution in [1.29, 1.82) is 0 Å². The van der Waals surface area contributed by atoms with Crippen LogP contribution in [-0.4, -0.2) is 15.7 Å². The van der Waals surface area contributed by atoms with E-state index in [1.807, 2.05) is 26.0 Å². The molecule has 0 aliphatic heterocycles. The Morgan fingerprint density at radius 1 is 1.40 bits per heavy atom. The summed E-state index contributed by atoms with van der Waals surface area (Å²) in [6.45, 7) is 4.20. The van der Waals surface area contributed by atoms with Crippen LogP contribution in [0.4, 0.5) is 0 Å². The molecule has 104 valence electrons. The average Bonchev–Trinajstić information content (AvgIpc) is 2.94. The fraction of sp³-hybridized carbons (Fsp3) is 0.375. The van der Waals surface area contributed by atoms with Crippen molar-refractivity contribution in [1.82, 2.24) is 15.1 Å². The Morgan fingerprint density at radius 3 is 2.95 bits per heavy atom. The molecule has 20 heavy (non-hydrogen) atoms. The number of carbonyl (C=O) groups excluding carboxylic acids is 1. The van der Waals surface area contributed by atoms with Gasteiger partial charge in [0.1, 0.15) is 6.54 Å². The third-order valence-corrected chi connectivity index (χ3v) is 3.86. The first-order valence-corrected chi connectivity index (χ1v) is 7.01. The molecule has 1 atom stereocenters. The number of nitrogens with zero attached hydrogens (tertiary/aromatic N) is 2. The first-order chi connectivity index (χ1) is 9.63. The van der Waals surface area contributed by atoms with Crippen molar-refractivity contribution in [2.75, 3.05) is 0 Å². The lowest BCUT2D eigenvalue weighted by Crippen LogP contribution is -2.31. The molecule has 2 aromatic rings. The Hall–Kier alpha value is -2.10. The van der Waals surface area contributed by atoms with Crippen LogP contribution in [0.15, 0.2) is 30.3 Å². The van der Waals surface area contributed by atoms with Gasteiger partial charge >= 0.3 is 0 Å². The molecule has 1 aromatic heterocycles. The summed E-state index contributed by atoms with van der Waals surface area (Å²) in [6, 6.07) is 10.5. The van der Waals surface area contributed by atoms with Gasteiger partial charge in [-0.25, -0.2) is 0 Å². The second-order valence-electron chi connectivity index (χ2n) is 5.44. The molecule has 1 heterocycles. The van der Waals surface area contributed by atoms with E-state index in [1.165, 1.54) is 11.1 Å². The van der Waals surface area contributed by atoms with Gasteiger partial charge in [0.15, 0.2) is 0 Å². The second kappa shape index (κ2) is 5.12. The molecule has 1 amide bonds. The molecule has 1 aliphatic rings. The van der Waals surface area contributed by atoms with Crippen LogP contribution in [-0.2, 0) is 17.8 Å². The van der Waals surface area contributed by atoms with Gasteiger partial charge in [0.2, 0.25) is 5.91 Å². The van der Waals surface area contributed by atoms with Crippen LogP contribution in [0.5, 0.6) is 0 Å². The highest BCUT2D eigenvalue weighted by atomic mass is 16.2. The topological polar surface area (TPSA) is 46.9 Å². The highest BCUT2D eigenvalue weighted by Gasteiger charge is 2.23. The maximum atomic E-state index is 12.2. The molecule has 1 aromatic carbocycles. The summed E-state index contributed by atoms with van der Waals surface area (Å²) >= 11 is 0. The van der Waals surface area contributed by atoms with Gasteiger partial charge in [-0.2, -0.15) is 5.10 Å². The van der Waals surface area contributed by atoms with E-state index in [9.17, 15) is 4.79 Å². The number of nitrogens with one attached hydrogen (secondary N) is 1. The van der Waals surface area contributed by atoms with Crippen molar-refractivity contribution in [2.24, 2.45) is 0 Å². The molecule has 1 unspecified atom stereocenters. The first kappa shape index (κ1) is 12.9. The van der Waals surface area contributed by atoms with Gasteiger partial charge in [0.05, 0.1) is 11.7 Å². The minimum Gasteiger partial charge on any atom is -0.348 e. The van der Waals surface area contributed by atoms with E-state index in [2.05, 4.69) is 28.6 Å². The monoisotopic (exact) mass is 269 g/mol. The van der Waals surface area contributed by atoms with Gasteiger partial charge in [-0.05, 0) is 43.9 Å². The van der Waals surface area contributed by atoms with E-state index >= 15 is 0 Å². The number of carbonyl (C=O) groups is 1. The Morgan fingerprint density at radius 2 is 2.20 bits per heavy atom. The standard InChI is InChI=1S/C16H19N3O/c1-11-9-12(2)19(18-11)10-16(20)17-15-8-7-13-5-3-4-6-14(13)15/h3-6,9,15H,7-8,10H2,1-2H3,(H,17,20). The summed E-state index contributed by atoms with van der Waals surface area (Å²) in [5, 5.41) is 7.45. The van der Waals surface area contributed by atoms with E-state index < -0.39 is 0 Å². The van der Waals surface area contributed by atoms with Crippen molar-refractivity contribution in [2.45, 2.75) is 39.3 Å². The summed E-state index contributed by atoms with van der Waals surface area (Å²) in [5.74, 6) is 0.0258. The Bertz CT molecular complexity index is 645. The molecule has 4 heteroatoms. The number of aromatic nitrogens is 2. The molecule has 0 spiro atoms. The SMILES string of the molecule is Cc1cc(C)n(CC(=O)NC2CCc3ccccc32)n1. The summed E-state index contributed by atoms with van der Waals surface area (Å²) in [7, 11) is 0.